The van der Waals surface area contributed by atoms with Gasteiger partial charge in [-0.25, -0.2) is 5.84 Å². The molecule has 0 fully saturated rings. The number of halogens is 4. The van der Waals surface area contributed by atoms with Gasteiger partial charge in [0.1, 0.15) is 0 Å². The fraction of sp³-hybridized carbons (Fsp3) is 0.417. The molecule has 0 aliphatic rings. The molecule has 0 aliphatic carbocycles. The van der Waals surface area contributed by atoms with Gasteiger partial charge in [0.2, 0.25) is 5.96 Å². The lowest BCUT2D eigenvalue weighted by Gasteiger charge is -2.13. The first-order valence-corrected chi connectivity index (χ1v) is 6.39. The van der Waals surface area contributed by atoms with Crippen LogP contribution in [0.5, 0.6) is 0 Å². The SMILES string of the molecule is COCCCN=C(NN)Nc1cc(Cl)cc(C(F)(F)F)c1. The number of benzene rings is 1. The zero-order valence-electron chi connectivity index (χ0n) is 11.3. The largest absolute Gasteiger partial charge is 0.416 e. The molecule has 0 amide bonds. The maximum atomic E-state index is 12.7. The normalized spacial score (nSPS) is 12.4. The van der Waals surface area contributed by atoms with Gasteiger partial charge in [-0.2, -0.15) is 13.2 Å². The summed E-state index contributed by atoms with van der Waals surface area (Å²) in [5.41, 5.74) is 1.56. The maximum absolute atomic E-state index is 12.7. The van der Waals surface area contributed by atoms with Crippen LogP contribution in [0.3, 0.4) is 0 Å². The number of aliphatic imine (C=N–C) groups is 1. The van der Waals surface area contributed by atoms with E-state index in [-0.39, 0.29) is 16.7 Å². The van der Waals surface area contributed by atoms with Gasteiger partial charge in [0.25, 0.3) is 0 Å². The zero-order valence-corrected chi connectivity index (χ0v) is 12.1. The Balaban J connectivity index is 2.82. The average molecular weight is 325 g/mol. The van der Waals surface area contributed by atoms with Gasteiger partial charge < -0.3 is 10.1 Å². The number of anilines is 1. The van der Waals surface area contributed by atoms with Crippen LogP contribution in [0.15, 0.2) is 23.2 Å². The molecule has 118 valence electrons. The van der Waals surface area contributed by atoms with Gasteiger partial charge in [0.15, 0.2) is 0 Å². The van der Waals surface area contributed by atoms with E-state index in [1.165, 1.54) is 6.07 Å². The summed E-state index contributed by atoms with van der Waals surface area (Å²) in [6.45, 7) is 0.934. The lowest BCUT2D eigenvalue weighted by atomic mass is 10.2. The molecule has 0 unspecified atom stereocenters. The van der Waals surface area contributed by atoms with Crippen LogP contribution in [0.1, 0.15) is 12.0 Å². The number of guanidine groups is 1. The molecule has 1 aromatic carbocycles. The van der Waals surface area contributed by atoms with Crippen molar-refractivity contribution in [1.29, 1.82) is 0 Å². The van der Waals surface area contributed by atoms with E-state index in [1.54, 1.807) is 7.11 Å². The molecule has 9 heteroatoms. The first kappa shape index (κ1) is 17.5. The Morgan fingerprint density at radius 3 is 2.67 bits per heavy atom. The molecule has 1 rings (SSSR count). The van der Waals surface area contributed by atoms with Crippen LogP contribution in [0.25, 0.3) is 0 Å². The molecule has 5 nitrogen and oxygen atoms in total. The second-order valence-electron chi connectivity index (χ2n) is 4.07. The smallest absolute Gasteiger partial charge is 0.385 e. The molecule has 0 saturated heterocycles. The molecule has 0 aromatic heterocycles. The van der Waals surface area contributed by atoms with E-state index in [4.69, 9.17) is 22.2 Å². The molecule has 0 atom stereocenters. The summed E-state index contributed by atoms with van der Waals surface area (Å²) in [4.78, 5) is 4.06. The molecule has 4 N–H and O–H groups in total. The first-order valence-electron chi connectivity index (χ1n) is 6.01. The number of ether oxygens (including phenoxy) is 1. The third kappa shape index (κ3) is 6.19. The van der Waals surface area contributed by atoms with Crippen molar-refractivity contribution < 1.29 is 17.9 Å². The Labute approximate surface area is 125 Å². The summed E-state index contributed by atoms with van der Waals surface area (Å²) in [5.74, 6) is 5.41. The molecule has 0 aliphatic heterocycles. The van der Waals surface area contributed by atoms with Crippen molar-refractivity contribution in [3.8, 4) is 0 Å². The number of hydrogen-bond donors (Lipinski definition) is 3. The maximum Gasteiger partial charge on any atom is 0.416 e. The van der Waals surface area contributed by atoms with Crippen molar-refractivity contribution in [1.82, 2.24) is 5.43 Å². The minimum atomic E-state index is -4.48. The Morgan fingerprint density at radius 2 is 2.10 bits per heavy atom. The molecule has 21 heavy (non-hydrogen) atoms. The Morgan fingerprint density at radius 1 is 1.38 bits per heavy atom. The predicted octanol–water partition coefficient (Wildman–Crippen LogP) is 2.63. The van der Waals surface area contributed by atoms with Crippen LogP contribution in [0.4, 0.5) is 18.9 Å². The van der Waals surface area contributed by atoms with Crippen LogP contribution in [-0.2, 0) is 10.9 Å². The molecule has 1 aromatic rings. The Bertz CT molecular complexity index is 494. The van der Waals surface area contributed by atoms with Gasteiger partial charge >= 0.3 is 6.18 Å². The van der Waals surface area contributed by atoms with Crippen LogP contribution in [0, 0.1) is 0 Å². The second-order valence-corrected chi connectivity index (χ2v) is 4.51. The van der Waals surface area contributed by atoms with Crippen LogP contribution >= 0.6 is 11.6 Å². The van der Waals surface area contributed by atoms with Crippen LogP contribution in [0.2, 0.25) is 5.02 Å². The highest BCUT2D eigenvalue weighted by molar-refractivity contribution is 6.31. The van der Waals surface area contributed by atoms with E-state index < -0.39 is 11.7 Å². The number of nitrogens with two attached hydrogens (primary N) is 1. The zero-order chi connectivity index (χ0) is 15.9. The van der Waals surface area contributed by atoms with Crippen LogP contribution < -0.4 is 16.6 Å². The summed E-state index contributed by atoms with van der Waals surface area (Å²) < 4.78 is 42.9. The van der Waals surface area contributed by atoms with E-state index in [0.717, 1.165) is 12.1 Å². The lowest BCUT2D eigenvalue weighted by molar-refractivity contribution is -0.137. The molecule has 0 radical (unpaired) electrons. The lowest BCUT2D eigenvalue weighted by Crippen LogP contribution is -2.36. The third-order valence-electron chi connectivity index (χ3n) is 2.40. The highest BCUT2D eigenvalue weighted by atomic mass is 35.5. The van der Waals surface area contributed by atoms with Crippen molar-refractivity contribution in [2.45, 2.75) is 12.6 Å². The van der Waals surface area contributed by atoms with Gasteiger partial charge in [-0.05, 0) is 24.6 Å². The van der Waals surface area contributed by atoms with Gasteiger partial charge in [-0.3, -0.25) is 10.4 Å². The number of nitrogens with one attached hydrogen (secondary N) is 2. The van der Waals surface area contributed by atoms with E-state index in [0.29, 0.717) is 19.6 Å². The standard InChI is InChI=1S/C12H16ClF3N4O/c1-21-4-2-3-18-11(20-17)19-10-6-8(12(14,15)16)5-9(13)7-10/h5-7H,2-4,17H2,1H3,(H2,18,19,20). The summed E-state index contributed by atoms with van der Waals surface area (Å²) in [5, 5.41) is 2.61. The Hall–Kier alpha value is -1.51. The van der Waals surface area contributed by atoms with Gasteiger partial charge in [0, 0.05) is 31.0 Å². The molecular weight excluding hydrogens is 309 g/mol. The summed E-state index contributed by atoms with van der Waals surface area (Å²) >= 11 is 5.68. The fourth-order valence-electron chi connectivity index (χ4n) is 1.48. The highest BCUT2D eigenvalue weighted by Gasteiger charge is 2.31. The van der Waals surface area contributed by atoms with E-state index in [9.17, 15) is 13.2 Å². The molecular formula is C12H16ClF3N4O. The summed E-state index contributed by atoms with van der Waals surface area (Å²) in [6.07, 6.45) is -3.82. The van der Waals surface area contributed by atoms with E-state index in [2.05, 4.69) is 15.7 Å². The van der Waals surface area contributed by atoms with Crippen molar-refractivity contribution in [3.05, 3.63) is 28.8 Å². The quantitative estimate of drug-likeness (QED) is 0.256. The fourth-order valence-corrected chi connectivity index (χ4v) is 1.72. The van der Waals surface area contributed by atoms with E-state index >= 15 is 0 Å². The first-order chi connectivity index (χ1) is 9.86. The topological polar surface area (TPSA) is 71.7 Å². The van der Waals surface area contributed by atoms with Crippen LogP contribution in [-0.4, -0.2) is 26.2 Å². The average Bonchev–Trinajstić information content (AvgIpc) is 2.40. The molecule has 0 heterocycles. The molecule has 0 saturated carbocycles. The Kier molecular flexibility index (Phi) is 6.73. The van der Waals surface area contributed by atoms with Gasteiger partial charge in [0.05, 0.1) is 5.56 Å². The summed E-state index contributed by atoms with van der Waals surface area (Å²) in [6, 6.07) is 3.12. The third-order valence-corrected chi connectivity index (χ3v) is 2.62. The van der Waals surface area contributed by atoms with Crippen molar-refractivity contribution in [3.63, 3.8) is 0 Å². The number of methoxy groups -OCH3 is 1. The number of rotatable bonds is 5. The minimum absolute atomic E-state index is 0.0388. The van der Waals surface area contributed by atoms with Crippen molar-refractivity contribution in [2.75, 3.05) is 25.6 Å². The van der Waals surface area contributed by atoms with Crippen molar-refractivity contribution >= 4 is 23.2 Å². The van der Waals surface area contributed by atoms with Crippen molar-refractivity contribution in [2.24, 2.45) is 10.8 Å². The number of hydrazine groups is 1. The molecule has 0 spiro atoms. The monoisotopic (exact) mass is 324 g/mol. The summed E-state index contributed by atoms with van der Waals surface area (Å²) in [7, 11) is 1.56. The molecule has 0 bridgehead atoms. The number of alkyl halides is 3. The second kappa shape index (κ2) is 8.06. The van der Waals surface area contributed by atoms with E-state index in [1.807, 2.05) is 0 Å². The van der Waals surface area contributed by atoms with Gasteiger partial charge in [-0.1, -0.05) is 11.6 Å². The minimum Gasteiger partial charge on any atom is -0.385 e. The number of nitrogens with zero attached hydrogens (tertiary/aromatic N) is 1. The highest BCUT2D eigenvalue weighted by Crippen LogP contribution is 2.33. The van der Waals surface area contributed by atoms with Gasteiger partial charge in [-0.15, -0.1) is 0 Å². The predicted molar refractivity (Wildman–Crippen MR) is 76.2 cm³/mol. The number of hydrogen-bond acceptors (Lipinski definition) is 3.